The molecule has 2 heterocycles. The number of ether oxygens (including phenoxy) is 1. The number of hydroxylamine groups is 2. The Hall–Kier alpha value is -0.940. The van der Waals surface area contributed by atoms with Gasteiger partial charge in [0.05, 0.1) is 37.5 Å². The molecule has 3 rings (SSSR count). The molecule has 19 heavy (non-hydrogen) atoms. The molecule has 1 N–H and O–H groups in total. The second kappa shape index (κ2) is 5.21. The highest BCUT2D eigenvalue weighted by atomic mass is 16.7. The van der Waals surface area contributed by atoms with Gasteiger partial charge in [-0.15, -0.1) is 0 Å². The highest BCUT2D eigenvalue weighted by molar-refractivity contribution is 5.18. The highest BCUT2D eigenvalue weighted by Gasteiger charge is 2.47. The van der Waals surface area contributed by atoms with Crippen LogP contribution < -0.4 is 0 Å². The summed E-state index contributed by atoms with van der Waals surface area (Å²) < 4.78 is 5.68. The van der Waals surface area contributed by atoms with Crippen molar-refractivity contribution in [2.24, 2.45) is 5.92 Å². The summed E-state index contributed by atoms with van der Waals surface area (Å²) in [6.45, 7) is 5.54. The minimum atomic E-state index is -0.548. The lowest BCUT2D eigenvalue weighted by Crippen LogP contribution is -2.44. The molecule has 0 aromatic heterocycles. The lowest BCUT2D eigenvalue weighted by atomic mass is 9.97. The number of benzene rings is 1. The second-order valence-corrected chi connectivity index (χ2v) is 5.54. The number of fused-ring (bicyclic) bond motifs is 1. The molecule has 1 aromatic rings. The molecule has 0 amide bonds. The minimum absolute atomic E-state index is 0.0819. The van der Waals surface area contributed by atoms with Gasteiger partial charge in [-0.05, 0) is 19.4 Å². The maximum absolute atomic E-state index is 10.5. The zero-order chi connectivity index (χ0) is 13.4. The van der Waals surface area contributed by atoms with Crippen molar-refractivity contribution in [1.82, 2.24) is 5.06 Å². The zero-order valence-electron chi connectivity index (χ0n) is 11.4. The molecular weight excluding hydrogens is 242 g/mol. The molecule has 2 saturated heterocycles. The summed E-state index contributed by atoms with van der Waals surface area (Å²) in [5, 5.41) is 12.4. The van der Waals surface area contributed by atoms with E-state index < -0.39 is 6.10 Å². The Morgan fingerprint density at radius 3 is 2.74 bits per heavy atom. The Bertz CT molecular complexity index is 425. The molecule has 4 nitrogen and oxygen atoms in total. The maximum atomic E-state index is 10.5. The van der Waals surface area contributed by atoms with Gasteiger partial charge in [-0.3, -0.25) is 4.84 Å². The van der Waals surface area contributed by atoms with Gasteiger partial charge in [0.25, 0.3) is 0 Å². The van der Waals surface area contributed by atoms with Crippen LogP contribution in [0.4, 0.5) is 0 Å². The van der Waals surface area contributed by atoms with Crippen molar-refractivity contribution in [3.63, 3.8) is 0 Å². The molecule has 0 saturated carbocycles. The first-order chi connectivity index (χ1) is 9.18. The quantitative estimate of drug-likeness (QED) is 0.902. The Morgan fingerprint density at radius 1 is 1.26 bits per heavy atom. The maximum Gasteiger partial charge on any atom is 0.0965 e. The third-order valence-electron chi connectivity index (χ3n) is 4.27. The van der Waals surface area contributed by atoms with Crippen LogP contribution in [0.5, 0.6) is 0 Å². The zero-order valence-corrected chi connectivity index (χ0v) is 11.4. The Labute approximate surface area is 113 Å². The average Bonchev–Trinajstić information content (AvgIpc) is 3.02. The molecule has 0 bridgehead atoms. The molecular formula is C15H21NO3. The molecule has 4 heteroatoms. The third kappa shape index (κ3) is 2.30. The van der Waals surface area contributed by atoms with Gasteiger partial charge in [-0.25, -0.2) is 0 Å². The van der Waals surface area contributed by atoms with Crippen LogP contribution in [-0.2, 0) is 9.57 Å². The van der Waals surface area contributed by atoms with E-state index in [9.17, 15) is 5.11 Å². The van der Waals surface area contributed by atoms with Gasteiger partial charge < -0.3 is 9.84 Å². The number of nitrogens with zero attached hydrogens (tertiary/aromatic N) is 1. The lowest BCUT2D eigenvalue weighted by molar-refractivity contribution is -0.195. The smallest absolute Gasteiger partial charge is 0.0965 e. The summed E-state index contributed by atoms with van der Waals surface area (Å²) in [7, 11) is 0. The Morgan fingerprint density at radius 2 is 2.00 bits per heavy atom. The van der Waals surface area contributed by atoms with E-state index in [2.05, 4.69) is 6.92 Å². The Balaban J connectivity index is 1.75. The van der Waals surface area contributed by atoms with Crippen molar-refractivity contribution in [3.8, 4) is 0 Å². The van der Waals surface area contributed by atoms with Crippen LogP contribution in [0.1, 0.15) is 25.5 Å². The van der Waals surface area contributed by atoms with Crippen molar-refractivity contribution >= 4 is 0 Å². The topological polar surface area (TPSA) is 41.9 Å². The van der Waals surface area contributed by atoms with Gasteiger partial charge in [0, 0.05) is 5.92 Å². The van der Waals surface area contributed by atoms with Gasteiger partial charge in [-0.2, -0.15) is 5.06 Å². The van der Waals surface area contributed by atoms with E-state index in [0.29, 0.717) is 12.5 Å². The van der Waals surface area contributed by atoms with Crippen LogP contribution in [0, 0.1) is 5.92 Å². The van der Waals surface area contributed by atoms with Crippen LogP contribution in [0.2, 0.25) is 0 Å². The van der Waals surface area contributed by atoms with Crippen LogP contribution in [0.3, 0.4) is 0 Å². The monoisotopic (exact) mass is 263 g/mol. The fourth-order valence-corrected chi connectivity index (χ4v) is 3.14. The van der Waals surface area contributed by atoms with Crippen LogP contribution in [-0.4, -0.2) is 41.6 Å². The van der Waals surface area contributed by atoms with Gasteiger partial charge in [-0.1, -0.05) is 30.3 Å². The summed E-state index contributed by atoms with van der Waals surface area (Å²) in [4.78, 5) is 5.79. The van der Waals surface area contributed by atoms with Crippen molar-refractivity contribution in [2.45, 2.75) is 38.1 Å². The van der Waals surface area contributed by atoms with E-state index in [0.717, 1.165) is 12.2 Å². The molecule has 0 radical (unpaired) electrons. The van der Waals surface area contributed by atoms with E-state index >= 15 is 0 Å². The number of aliphatic hydroxyl groups excluding tert-OH is 1. The van der Waals surface area contributed by atoms with E-state index in [1.54, 1.807) is 0 Å². The molecule has 2 aliphatic rings. The Kier molecular flexibility index (Phi) is 3.58. The van der Waals surface area contributed by atoms with Crippen molar-refractivity contribution in [1.29, 1.82) is 0 Å². The van der Waals surface area contributed by atoms with Crippen LogP contribution in [0.25, 0.3) is 0 Å². The molecule has 2 aliphatic heterocycles. The number of aliphatic hydroxyl groups is 1. The molecule has 104 valence electrons. The first kappa shape index (κ1) is 13.1. The summed E-state index contributed by atoms with van der Waals surface area (Å²) in [5.74, 6) is 0.431. The van der Waals surface area contributed by atoms with Crippen LogP contribution in [0.15, 0.2) is 30.3 Å². The minimum Gasteiger partial charge on any atom is -0.387 e. The molecule has 5 atom stereocenters. The average molecular weight is 263 g/mol. The lowest BCUT2D eigenvalue weighted by Gasteiger charge is -2.32. The molecule has 2 fully saturated rings. The first-order valence-corrected chi connectivity index (χ1v) is 6.94. The fourth-order valence-electron chi connectivity index (χ4n) is 3.14. The predicted octanol–water partition coefficient (Wildman–Crippen LogP) is 1.76. The fraction of sp³-hybridized carbons (Fsp3) is 0.600. The van der Waals surface area contributed by atoms with E-state index in [1.807, 2.05) is 42.3 Å². The van der Waals surface area contributed by atoms with E-state index in [-0.39, 0.29) is 18.2 Å². The first-order valence-electron chi connectivity index (χ1n) is 6.94. The van der Waals surface area contributed by atoms with Crippen LogP contribution >= 0.6 is 0 Å². The number of hydrogen-bond acceptors (Lipinski definition) is 4. The van der Waals surface area contributed by atoms with Crippen molar-refractivity contribution in [2.75, 3.05) is 13.2 Å². The number of rotatable bonds is 3. The predicted molar refractivity (Wildman–Crippen MR) is 71.3 cm³/mol. The molecule has 0 aliphatic carbocycles. The molecule has 0 spiro atoms. The SMILES string of the molecule is C[C@H]([C@@H](O)c1ccccc1)N1OC[C@H]2CO[C@H](C)[C@H]21. The van der Waals surface area contributed by atoms with Gasteiger partial charge >= 0.3 is 0 Å². The van der Waals surface area contributed by atoms with Gasteiger partial charge in [0.2, 0.25) is 0 Å². The second-order valence-electron chi connectivity index (χ2n) is 5.54. The normalized spacial score (nSPS) is 34.2. The van der Waals surface area contributed by atoms with Crippen molar-refractivity contribution < 1.29 is 14.7 Å². The third-order valence-corrected chi connectivity index (χ3v) is 4.27. The summed E-state index contributed by atoms with van der Waals surface area (Å²) in [6.07, 6.45) is -0.384. The largest absolute Gasteiger partial charge is 0.387 e. The number of hydrogen-bond donors (Lipinski definition) is 1. The molecule has 0 unspecified atom stereocenters. The van der Waals surface area contributed by atoms with E-state index in [4.69, 9.17) is 9.57 Å². The van der Waals surface area contributed by atoms with Crippen molar-refractivity contribution in [3.05, 3.63) is 35.9 Å². The summed E-state index contributed by atoms with van der Waals surface area (Å²) in [5.41, 5.74) is 0.925. The van der Waals surface area contributed by atoms with Gasteiger partial charge in [0.15, 0.2) is 0 Å². The summed E-state index contributed by atoms with van der Waals surface area (Å²) in [6, 6.07) is 9.92. The summed E-state index contributed by atoms with van der Waals surface area (Å²) >= 11 is 0. The van der Waals surface area contributed by atoms with Gasteiger partial charge in [0.1, 0.15) is 0 Å². The standard InChI is InChI=1S/C15H21NO3/c1-10(15(17)12-6-4-3-5-7-12)16-14-11(2)18-8-13(14)9-19-16/h3-7,10-11,13-15,17H,8-9H2,1-2H3/t10-,11-,13-,14-,15-/m1/s1. The highest BCUT2D eigenvalue weighted by Crippen LogP contribution is 2.35. The van der Waals surface area contributed by atoms with E-state index in [1.165, 1.54) is 0 Å². The molecule has 1 aromatic carbocycles.